The molecule has 0 radical (unpaired) electrons. The molecule has 2 rings (SSSR count). The van der Waals surface area contributed by atoms with Crippen LogP contribution in [0.1, 0.15) is 37.0 Å². The van der Waals surface area contributed by atoms with Crippen LogP contribution in [0.25, 0.3) is 0 Å². The van der Waals surface area contributed by atoms with Crippen molar-refractivity contribution in [1.29, 1.82) is 5.26 Å². The largest absolute Gasteiger partial charge is 0.449 e. The van der Waals surface area contributed by atoms with E-state index in [1.165, 1.54) is 4.57 Å². The van der Waals surface area contributed by atoms with Crippen molar-refractivity contribution in [3.05, 3.63) is 17.2 Å². The average molecular weight is 286 g/mol. The zero-order chi connectivity index (χ0) is 14.8. The van der Waals surface area contributed by atoms with E-state index in [0.29, 0.717) is 30.9 Å². The smallest absolute Gasteiger partial charge is 0.324 e. The zero-order valence-corrected chi connectivity index (χ0v) is 11.3. The molecule has 1 aliphatic heterocycles. The van der Waals surface area contributed by atoms with Crippen molar-refractivity contribution in [2.45, 2.75) is 45.5 Å². The summed E-state index contributed by atoms with van der Waals surface area (Å²) in [5, 5.41) is 11.7. The van der Waals surface area contributed by atoms with Crippen LogP contribution in [0.5, 0.6) is 0 Å². The molecule has 1 unspecified atom stereocenters. The lowest BCUT2D eigenvalue weighted by atomic mass is 10.1. The Labute approximate surface area is 115 Å². The molecule has 1 atom stereocenters. The molecule has 1 aliphatic rings. The van der Waals surface area contributed by atoms with Crippen LogP contribution in [0.2, 0.25) is 0 Å². The number of halogens is 3. The fraction of sp³-hybridized carbons (Fsp3) is 0.692. The lowest BCUT2D eigenvalue weighted by Gasteiger charge is -2.18. The van der Waals surface area contributed by atoms with E-state index in [0.717, 1.165) is 12.8 Å². The SMILES string of the molecule is CC(C#N)CNCc1nc(C(F)(F)F)n2c1CCCC2. The van der Waals surface area contributed by atoms with Crippen molar-refractivity contribution >= 4 is 0 Å². The number of fused-ring (bicyclic) bond motifs is 1. The fourth-order valence-corrected chi connectivity index (χ4v) is 2.43. The van der Waals surface area contributed by atoms with Gasteiger partial charge in [0.1, 0.15) is 0 Å². The average Bonchev–Trinajstić information content (AvgIpc) is 2.78. The molecule has 1 aromatic rings. The number of nitrogens with one attached hydrogen (secondary N) is 1. The minimum Gasteiger partial charge on any atom is -0.324 e. The van der Waals surface area contributed by atoms with Crippen LogP contribution in [0.15, 0.2) is 0 Å². The maximum Gasteiger partial charge on any atom is 0.449 e. The number of aromatic nitrogens is 2. The van der Waals surface area contributed by atoms with E-state index in [-0.39, 0.29) is 12.5 Å². The molecule has 1 N–H and O–H groups in total. The van der Waals surface area contributed by atoms with Crippen LogP contribution in [-0.2, 0) is 25.7 Å². The summed E-state index contributed by atoms with van der Waals surface area (Å²) < 4.78 is 40.1. The molecule has 2 heterocycles. The summed E-state index contributed by atoms with van der Waals surface area (Å²) in [4.78, 5) is 3.78. The summed E-state index contributed by atoms with van der Waals surface area (Å²) in [6.45, 7) is 2.87. The first-order chi connectivity index (χ1) is 9.43. The summed E-state index contributed by atoms with van der Waals surface area (Å²) in [5.41, 5.74) is 1.14. The predicted octanol–water partition coefficient (Wildman–Crippen LogP) is 2.49. The van der Waals surface area contributed by atoms with Gasteiger partial charge >= 0.3 is 6.18 Å². The van der Waals surface area contributed by atoms with Gasteiger partial charge in [0.25, 0.3) is 0 Å². The van der Waals surface area contributed by atoms with Crippen LogP contribution in [-0.4, -0.2) is 16.1 Å². The first-order valence-electron chi connectivity index (χ1n) is 6.69. The summed E-state index contributed by atoms with van der Waals surface area (Å²) >= 11 is 0. The first kappa shape index (κ1) is 14.9. The Hall–Kier alpha value is -1.55. The normalized spacial score (nSPS) is 16.6. The Morgan fingerprint density at radius 3 is 2.85 bits per heavy atom. The van der Waals surface area contributed by atoms with Gasteiger partial charge in [0.15, 0.2) is 0 Å². The molecule has 0 bridgehead atoms. The number of nitriles is 1. The van der Waals surface area contributed by atoms with E-state index < -0.39 is 12.0 Å². The summed E-state index contributed by atoms with van der Waals surface area (Å²) in [7, 11) is 0. The maximum atomic E-state index is 12.9. The highest BCUT2D eigenvalue weighted by Gasteiger charge is 2.39. The van der Waals surface area contributed by atoms with Gasteiger partial charge in [-0.15, -0.1) is 0 Å². The van der Waals surface area contributed by atoms with Crippen LogP contribution < -0.4 is 5.32 Å². The third kappa shape index (κ3) is 3.12. The Kier molecular flexibility index (Phi) is 4.33. The van der Waals surface area contributed by atoms with E-state index in [9.17, 15) is 13.2 Å². The minimum absolute atomic E-state index is 0.171. The molecule has 0 fully saturated rings. The van der Waals surface area contributed by atoms with Crippen molar-refractivity contribution < 1.29 is 13.2 Å². The molecule has 0 saturated heterocycles. The van der Waals surface area contributed by atoms with E-state index in [1.807, 2.05) is 0 Å². The van der Waals surface area contributed by atoms with Crippen LogP contribution in [0.4, 0.5) is 13.2 Å². The second kappa shape index (κ2) is 5.83. The van der Waals surface area contributed by atoms with Gasteiger partial charge in [-0.05, 0) is 26.2 Å². The second-order valence-electron chi connectivity index (χ2n) is 5.10. The molecular formula is C13H17F3N4. The van der Waals surface area contributed by atoms with Crippen molar-refractivity contribution in [3.63, 3.8) is 0 Å². The number of rotatable bonds is 4. The van der Waals surface area contributed by atoms with Crippen molar-refractivity contribution in [2.24, 2.45) is 5.92 Å². The zero-order valence-electron chi connectivity index (χ0n) is 11.3. The molecular weight excluding hydrogens is 269 g/mol. The van der Waals surface area contributed by atoms with E-state index in [1.54, 1.807) is 6.92 Å². The van der Waals surface area contributed by atoms with Gasteiger partial charge in [-0.25, -0.2) is 4.98 Å². The van der Waals surface area contributed by atoms with Gasteiger partial charge in [0.05, 0.1) is 17.7 Å². The minimum atomic E-state index is -4.41. The van der Waals surface area contributed by atoms with E-state index in [2.05, 4.69) is 16.4 Å². The highest BCUT2D eigenvalue weighted by atomic mass is 19.4. The quantitative estimate of drug-likeness (QED) is 0.925. The highest BCUT2D eigenvalue weighted by molar-refractivity contribution is 5.20. The number of imidazole rings is 1. The number of hydrogen-bond donors (Lipinski definition) is 1. The van der Waals surface area contributed by atoms with Crippen LogP contribution in [0.3, 0.4) is 0 Å². The molecule has 0 aliphatic carbocycles. The molecule has 0 saturated carbocycles. The van der Waals surface area contributed by atoms with Gasteiger partial charge < -0.3 is 9.88 Å². The van der Waals surface area contributed by atoms with Gasteiger partial charge in [0.2, 0.25) is 5.82 Å². The van der Waals surface area contributed by atoms with Gasteiger partial charge in [-0.3, -0.25) is 0 Å². The molecule has 0 amide bonds. The van der Waals surface area contributed by atoms with Crippen LogP contribution >= 0.6 is 0 Å². The van der Waals surface area contributed by atoms with E-state index in [4.69, 9.17) is 5.26 Å². The monoisotopic (exact) mass is 286 g/mol. The maximum absolute atomic E-state index is 12.9. The van der Waals surface area contributed by atoms with E-state index >= 15 is 0 Å². The Balaban J connectivity index is 2.17. The second-order valence-corrected chi connectivity index (χ2v) is 5.10. The first-order valence-corrected chi connectivity index (χ1v) is 6.69. The van der Waals surface area contributed by atoms with Gasteiger partial charge in [-0.2, -0.15) is 18.4 Å². The van der Waals surface area contributed by atoms with Crippen molar-refractivity contribution in [1.82, 2.24) is 14.9 Å². The summed E-state index contributed by atoms with van der Waals surface area (Å²) in [5.74, 6) is -0.965. The fourth-order valence-electron chi connectivity index (χ4n) is 2.43. The molecule has 0 spiro atoms. The van der Waals surface area contributed by atoms with Gasteiger partial charge in [0, 0.05) is 25.3 Å². The lowest BCUT2D eigenvalue weighted by Crippen LogP contribution is -2.21. The topological polar surface area (TPSA) is 53.6 Å². The molecule has 20 heavy (non-hydrogen) atoms. The third-order valence-corrected chi connectivity index (χ3v) is 3.42. The Morgan fingerprint density at radius 2 is 2.20 bits per heavy atom. The Morgan fingerprint density at radius 1 is 1.45 bits per heavy atom. The number of nitrogens with zero attached hydrogens (tertiary/aromatic N) is 3. The molecule has 7 heteroatoms. The van der Waals surface area contributed by atoms with Crippen LogP contribution in [0, 0.1) is 17.2 Å². The highest BCUT2D eigenvalue weighted by Crippen LogP contribution is 2.32. The number of alkyl halides is 3. The molecule has 4 nitrogen and oxygen atoms in total. The summed E-state index contributed by atoms with van der Waals surface area (Å²) in [6, 6.07) is 2.07. The third-order valence-electron chi connectivity index (χ3n) is 3.42. The van der Waals surface area contributed by atoms with Crippen molar-refractivity contribution in [3.8, 4) is 6.07 Å². The molecule has 0 aromatic carbocycles. The lowest BCUT2D eigenvalue weighted by molar-refractivity contribution is -0.147. The summed E-state index contributed by atoms with van der Waals surface area (Å²) in [6.07, 6.45) is -2.13. The van der Waals surface area contributed by atoms with Crippen molar-refractivity contribution in [2.75, 3.05) is 6.54 Å². The van der Waals surface area contributed by atoms with Gasteiger partial charge in [-0.1, -0.05) is 0 Å². The predicted molar refractivity (Wildman–Crippen MR) is 66.7 cm³/mol. The molecule has 1 aromatic heterocycles. The molecule has 110 valence electrons. The standard InChI is InChI=1S/C13H17F3N4/c1-9(6-17)7-18-8-10-11-4-2-3-5-20(11)12(19-10)13(14,15)16/h9,18H,2-5,7-8H2,1H3. The Bertz CT molecular complexity index is 513. The number of hydrogen-bond acceptors (Lipinski definition) is 3.